The van der Waals surface area contributed by atoms with Gasteiger partial charge >= 0.3 is 0 Å². The van der Waals surface area contributed by atoms with Gasteiger partial charge in [0.25, 0.3) is 0 Å². The average molecular weight is 341 g/mol. The highest BCUT2D eigenvalue weighted by Gasteiger charge is 2.31. The van der Waals surface area contributed by atoms with Gasteiger partial charge in [0.1, 0.15) is 11.5 Å². The van der Waals surface area contributed by atoms with Crippen LogP contribution in [-0.4, -0.2) is 10.2 Å². The van der Waals surface area contributed by atoms with Crippen LogP contribution in [0.15, 0.2) is 24.3 Å². The Labute approximate surface area is 152 Å². The largest absolute Gasteiger partial charge is 0.507 e. The van der Waals surface area contributed by atoms with Gasteiger partial charge < -0.3 is 10.2 Å². The fourth-order valence-electron chi connectivity index (χ4n) is 3.38. The lowest BCUT2D eigenvalue weighted by molar-refractivity contribution is 0.430. The van der Waals surface area contributed by atoms with Crippen molar-refractivity contribution in [1.29, 1.82) is 0 Å². The van der Waals surface area contributed by atoms with Crippen LogP contribution in [0, 0.1) is 13.8 Å². The summed E-state index contributed by atoms with van der Waals surface area (Å²) in [6.45, 7) is 16.7. The van der Waals surface area contributed by atoms with Gasteiger partial charge in [-0.25, -0.2) is 0 Å². The van der Waals surface area contributed by atoms with E-state index in [1.165, 1.54) is 11.1 Å². The molecule has 0 aliphatic carbocycles. The number of hydrogen-bond acceptors (Lipinski definition) is 2. The van der Waals surface area contributed by atoms with Gasteiger partial charge in [-0.15, -0.1) is 0 Å². The quantitative estimate of drug-likeness (QED) is 0.687. The second kappa shape index (κ2) is 6.74. The predicted molar refractivity (Wildman–Crippen MR) is 106 cm³/mol. The topological polar surface area (TPSA) is 40.5 Å². The number of phenolic OH excluding ortho intramolecular Hbond substituents is 2. The molecule has 0 saturated carbocycles. The predicted octanol–water partition coefficient (Wildman–Crippen LogP) is 6.29. The monoisotopic (exact) mass is 340 g/mol. The standard InChI is InChI=1S/C23H32O2/c1-13(2)17-9-15(5)21(24)19(11-17)23(7,8)20-12-18(14(3)4)10-16(6)22(20)25/h9-14,24-25H,1-8H3. The lowest BCUT2D eigenvalue weighted by Gasteiger charge is -2.30. The third kappa shape index (κ3) is 3.53. The molecule has 2 N–H and O–H groups in total. The van der Waals surface area contributed by atoms with Crippen LogP contribution in [0.4, 0.5) is 0 Å². The minimum Gasteiger partial charge on any atom is -0.507 e. The first kappa shape index (κ1) is 19.4. The molecule has 0 aliphatic heterocycles. The lowest BCUT2D eigenvalue weighted by Crippen LogP contribution is -2.21. The van der Waals surface area contributed by atoms with E-state index in [0.29, 0.717) is 23.3 Å². The number of hydrogen-bond donors (Lipinski definition) is 2. The Morgan fingerprint density at radius 2 is 1.00 bits per heavy atom. The van der Waals surface area contributed by atoms with Crippen molar-refractivity contribution in [2.75, 3.05) is 0 Å². The first-order valence-electron chi connectivity index (χ1n) is 9.14. The van der Waals surface area contributed by atoms with Gasteiger partial charge in [0.2, 0.25) is 0 Å². The molecule has 0 radical (unpaired) electrons. The van der Waals surface area contributed by atoms with E-state index in [2.05, 4.69) is 65.8 Å². The molecule has 0 fully saturated rings. The second-order valence-corrected chi connectivity index (χ2v) is 8.40. The SMILES string of the molecule is Cc1cc(C(C)C)cc(C(C)(C)c2cc(C(C)C)cc(C)c2O)c1O. The minimum absolute atomic E-state index is 0.321. The Balaban J connectivity index is 2.75. The fraction of sp³-hybridized carbons (Fsp3) is 0.478. The zero-order chi connectivity index (χ0) is 19.1. The van der Waals surface area contributed by atoms with Crippen LogP contribution in [-0.2, 0) is 5.41 Å². The van der Waals surface area contributed by atoms with Gasteiger partial charge in [0.15, 0.2) is 0 Å². The van der Waals surface area contributed by atoms with Gasteiger partial charge in [-0.2, -0.15) is 0 Å². The van der Waals surface area contributed by atoms with Crippen molar-refractivity contribution >= 4 is 0 Å². The molecule has 2 aromatic rings. The molecule has 0 atom stereocenters. The van der Waals surface area contributed by atoms with E-state index in [9.17, 15) is 10.2 Å². The molecule has 0 unspecified atom stereocenters. The van der Waals surface area contributed by atoms with Crippen LogP contribution in [0.2, 0.25) is 0 Å². The summed E-state index contributed by atoms with van der Waals surface area (Å²) in [5.41, 5.74) is 5.40. The summed E-state index contributed by atoms with van der Waals surface area (Å²) >= 11 is 0. The third-order valence-electron chi connectivity index (χ3n) is 5.33. The van der Waals surface area contributed by atoms with Gasteiger partial charge in [-0.05, 0) is 47.9 Å². The third-order valence-corrected chi connectivity index (χ3v) is 5.33. The Morgan fingerprint density at radius 3 is 1.28 bits per heavy atom. The summed E-state index contributed by atoms with van der Waals surface area (Å²) in [6.07, 6.45) is 0. The highest BCUT2D eigenvalue weighted by Crippen LogP contribution is 2.44. The molecule has 0 aliphatic rings. The molecule has 0 saturated heterocycles. The van der Waals surface area contributed by atoms with Crippen molar-refractivity contribution in [3.05, 3.63) is 57.6 Å². The Hall–Kier alpha value is -1.96. The first-order valence-corrected chi connectivity index (χ1v) is 9.14. The molecule has 0 heterocycles. The van der Waals surface area contributed by atoms with Gasteiger partial charge in [-0.1, -0.05) is 65.8 Å². The number of aryl methyl sites for hydroxylation is 2. The second-order valence-electron chi connectivity index (χ2n) is 8.40. The van der Waals surface area contributed by atoms with E-state index < -0.39 is 5.41 Å². The van der Waals surface area contributed by atoms with E-state index in [-0.39, 0.29) is 0 Å². The van der Waals surface area contributed by atoms with E-state index in [0.717, 1.165) is 22.3 Å². The number of rotatable bonds is 4. The van der Waals surface area contributed by atoms with Crippen LogP contribution in [0.3, 0.4) is 0 Å². The van der Waals surface area contributed by atoms with Gasteiger partial charge in [-0.3, -0.25) is 0 Å². The van der Waals surface area contributed by atoms with Crippen molar-refractivity contribution in [2.24, 2.45) is 0 Å². The molecule has 2 nitrogen and oxygen atoms in total. The number of benzene rings is 2. The smallest absolute Gasteiger partial charge is 0.122 e. The molecule has 25 heavy (non-hydrogen) atoms. The Morgan fingerprint density at radius 1 is 0.680 bits per heavy atom. The molecule has 2 rings (SSSR count). The van der Waals surface area contributed by atoms with Crippen LogP contribution in [0.25, 0.3) is 0 Å². The molecule has 2 heteroatoms. The molecule has 0 amide bonds. The van der Waals surface area contributed by atoms with E-state index in [1.54, 1.807) is 0 Å². The highest BCUT2D eigenvalue weighted by atomic mass is 16.3. The van der Waals surface area contributed by atoms with Crippen molar-refractivity contribution < 1.29 is 10.2 Å². The maximum atomic E-state index is 10.8. The van der Waals surface area contributed by atoms with Crippen LogP contribution in [0.5, 0.6) is 11.5 Å². The summed E-state index contributed by atoms with van der Waals surface area (Å²) in [5, 5.41) is 21.5. The van der Waals surface area contributed by atoms with Crippen molar-refractivity contribution in [1.82, 2.24) is 0 Å². The summed E-state index contributed by atoms with van der Waals surface area (Å²) in [4.78, 5) is 0. The van der Waals surface area contributed by atoms with Crippen molar-refractivity contribution in [3.63, 3.8) is 0 Å². The zero-order valence-electron chi connectivity index (χ0n) is 16.9. The summed E-state index contributed by atoms with van der Waals surface area (Å²) < 4.78 is 0. The number of aromatic hydroxyl groups is 2. The van der Waals surface area contributed by atoms with Crippen LogP contribution in [0.1, 0.15) is 86.8 Å². The maximum Gasteiger partial charge on any atom is 0.122 e. The van der Waals surface area contributed by atoms with Crippen molar-refractivity contribution in [2.45, 2.75) is 72.6 Å². The van der Waals surface area contributed by atoms with Crippen LogP contribution < -0.4 is 0 Å². The van der Waals surface area contributed by atoms with Gasteiger partial charge in [0.05, 0.1) is 0 Å². The Kier molecular flexibility index (Phi) is 5.22. The van der Waals surface area contributed by atoms with Crippen LogP contribution >= 0.6 is 0 Å². The van der Waals surface area contributed by atoms with E-state index >= 15 is 0 Å². The first-order chi connectivity index (χ1) is 11.5. The summed E-state index contributed by atoms with van der Waals surface area (Å²) in [7, 11) is 0. The molecule has 136 valence electrons. The molecule has 0 bridgehead atoms. The normalized spacial score (nSPS) is 12.2. The maximum absolute atomic E-state index is 10.8. The highest BCUT2D eigenvalue weighted by molar-refractivity contribution is 5.56. The number of phenols is 2. The average Bonchev–Trinajstić information content (AvgIpc) is 2.51. The Bertz CT molecular complexity index is 718. The lowest BCUT2D eigenvalue weighted by atomic mass is 9.74. The van der Waals surface area contributed by atoms with E-state index in [4.69, 9.17) is 0 Å². The fourth-order valence-corrected chi connectivity index (χ4v) is 3.38. The van der Waals surface area contributed by atoms with Crippen molar-refractivity contribution in [3.8, 4) is 11.5 Å². The zero-order valence-corrected chi connectivity index (χ0v) is 16.9. The van der Waals surface area contributed by atoms with Gasteiger partial charge in [0, 0.05) is 16.5 Å². The summed E-state index contributed by atoms with van der Waals surface area (Å²) in [5.74, 6) is 1.40. The molecule has 0 spiro atoms. The molecular formula is C23H32O2. The summed E-state index contributed by atoms with van der Waals surface area (Å²) in [6, 6.07) is 8.28. The minimum atomic E-state index is -0.501. The molecular weight excluding hydrogens is 308 g/mol. The molecule has 0 aromatic heterocycles. The van der Waals surface area contributed by atoms with E-state index in [1.807, 2.05) is 13.8 Å². The molecule has 2 aromatic carbocycles.